The lowest BCUT2D eigenvalue weighted by Crippen LogP contribution is -2.26. The minimum Gasteiger partial charge on any atom is -0.394 e. The maximum Gasteiger partial charge on any atom is 0.293 e. The minimum absolute atomic E-state index is 0.119. The van der Waals surface area contributed by atoms with Gasteiger partial charge in [0.25, 0.3) is 11.6 Å². The molecule has 0 aliphatic heterocycles. The van der Waals surface area contributed by atoms with Crippen molar-refractivity contribution >= 4 is 17.3 Å². The quantitative estimate of drug-likeness (QED) is 0.525. The fraction of sp³-hybridized carbons (Fsp3) is 0.500. The van der Waals surface area contributed by atoms with E-state index in [-0.39, 0.29) is 29.8 Å². The molecule has 0 aliphatic carbocycles. The molecule has 1 atom stereocenters. The van der Waals surface area contributed by atoms with Crippen molar-refractivity contribution in [2.45, 2.75) is 26.3 Å². The van der Waals surface area contributed by atoms with Crippen LogP contribution in [-0.4, -0.2) is 35.6 Å². The number of amides is 1. The number of anilines is 1. The Morgan fingerprint density at radius 2 is 2.10 bits per heavy atom. The van der Waals surface area contributed by atoms with Crippen molar-refractivity contribution in [1.82, 2.24) is 5.32 Å². The van der Waals surface area contributed by atoms with Gasteiger partial charge in [-0.25, -0.2) is 0 Å². The molecule has 0 aliphatic rings. The Bertz CT molecular complexity index is 517. The third kappa shape index (κ3) is 4.71. The van der Waals surface area contributed by atoms with E-state index in [9.17, 15) is 20.0 Å². The van der Waals surface area contributed by atoms with Crippen LogP contribution in [0.25, 0.3) is 0 Å². The first-order valence-electron chi connectivity index (χ1n) is 6.77. The van der Waals surface area contributed by atoms with E-state index in [1.165, 1.54) is 25.2 Å². The van der Waals surface area contributed by atoms with Crippen LogP contribution in [0.15, 0.2) is 18.2 Å². The summed E-state index contributed by atoms with van der Waals surface area (Å²) >= 11 is 0. The predicted octanol–water partition coefficient (Wildman–Crippen LogP) is 1.77. The highest BCUT2D eigenvalue weighted by Gasteiger charge is 2.20. The normalized spacial score (nSPS) is 12.0. The van der Waals surface area contributed by atoms with Gasteiger partial charge >= 0.3 is 0 Å². The van der Waals surface area contributed by atoms with E-state index in [2.05, 4.69) is 10.6 Å². The molecule has 21 heavy (non-hydrogen) atoms. The molecule has 1 unspecified atom stereocenters. The van der Waals surface area contributed by atoms with Gasteiger partial charge < -0.3 is 15.7 Å². The van der Waals surface area contributed by atoms with Gasteiger partial charge in [-0.15, -0.1) is 0 Å². The van der Waals surface area contributed by atoms with Crippen molar-refractivity contribution in [1.29, 1.82) is 0 Å². The first-order chi connectivity index (χ1) is 9.88. The van der Waals surface area contributed by atoms with Crippen LogP contribution in [0.1, 0.15) is 30.6 Å². The molecule has 0 saturated heterocycles. The van der Waals surface area contributed by atoms with Gasteiger partial charge in [0.15, 0.2) is 0 Å². The highest BCUT2D eigenvalue weighted by atomic mass is 16.6. The fourth-order valence-corrected chi connectivity index (χ4v) is 2.06. The second kappa shape index (κ2) is 7.58. The number of hydrogen-bond donors (Lipinski definition) is 3. The summed E-state index contributed by atoms with van der Waals surface area (Å²) < 4.78 is 0. The maximum atomic E-state index is 11.5. The average molecular weight is 295 g/mol. The summed E-state index contributed by atoms with van der Waals surface area (Å²) in [5.41, 5.74) is 0.338. The zero-order valence-corrected chi connectivity index (χ0v) is 12.4. The number of carbonyl (C=O) groups is 1. The Labute approximate surface area is 123 Å². The number of hydrogen-bond acceptors (Lipinski definition) is 5. The molecule has 1 rings (SSSR count). The SMILES string of the molecule is CNC(=O)c1ccc(NC(CO)CC(C)C)c([N+](=O)[O-])c1. The summed E-state index contributed by atoms with van der Waals surface area (Å²) in [5.74, 6) is -0.0376. The molecule has 1 aromatic rings. The first-order valence-corrected chi connectivity index (χ1v) is 6.77. The topological polar surface area (TPSA) is 104 Å². The molecule has 1 aromatic carbocycles. The van der Waals surface area contributed by atoms with E-state index in [0.29, 0.717) is 18.0 Å². The van der Waals surface area contributed by atoms with E-state index in [1.54, 1.807) is 0 Å². The Kier molecular flexibility index (Phi) is 6.10. The summed E-state index contributed by atoms with van der Waals surface area (Å²) in [6.45, 7) is 3.90. The summed E-state index contributed by atoms with van der Waals surface area (Å²) in [6, 6.07) is 3.96. The molecule has 0 heterocycles. The van der Waals surface area contributed by atoms with Crippen LogP contribution >= 0.6 is 0 Å². The fourth-order valence-electron chi connectivity index (χ4n) is 2.06. The van der Waals surface area contributed by atoms with E-state index < -0.39 is 4.92 Å². The lowest BCUT2D eigenvalue weighted by Gasteiger charge is -2.19. The number of rotatable bonds is 7. The number of carbonyl (C=O) groups excluding carboxylic acids is 1. The molecule has 0 radical (unpaired) electrons. The Hall–Kier alpha value is -2.15. The highest BCUT2D eigenvalue weighted by Crippen LogP contribution is 2.27. The van der Waals surface area contributed by atoms with Crippen molar-refractivity contribution in [3.8, 4) is 0 Å². The Balaban J connectivity index is 3.06. The van der Waals surface area contributed by atoms with Crippen LogP contribution in [0.2, 0.25) is 0 Å². The first kappa shape index (κ1) is 16.9. The molecule has 0 saturated carbocycles. The molecular formula is C14H21N3O4. The monoisotopic (exact) mass is 295 g/mol. The van der Waals surface area contributed by atoms with Crippen molar-refractivity contribution in [2.24, 2.45) is 5.92 Å². The van der Waals surface area contributed by atoms with Gasteiger partial charge in [0, 0.05) is 24.7 Å². The molecule has 1 amide bonds. The Morgan fingerprint density at radius 1 is 1.43 bits per heavy atom. The number of benzene rings is 1. The molecule has 0 bridgehead atoms. The zero-order chi connectivity index (χ0) is 16.0. The standard InChI is InChI=1S/C14H21N3O4/c1-9(2)6-11(8-18)16-12-5-4-10(14(19)15-3)7-13(12)17(20)21/h4-5,7,9,11,16,18H,6,8H2,1-3H3,(H,15,19). The van der Waals surface area contributed by atoms with E-state index in [4.69, 9.17) is 0 Å². The maximum absolute atomic E-state index is 11.5. The third-order valence-electron chi connectivity index (χ3n) is 3.02. The lowest BCUT2D eigenvalue weighted by atomic mass is 10.0. The molecule has 0 fully saturated rings. The van der Waals surface area contributed by atoms with Crippen molar-refractivity contribution in [3.05, 3.63) is 33.9 Å². The zero-order valence-electron chi connectivity index (χ0n) is 12.4. The molecular weight excluding hydrogens is 274 g/mol. The van der Waals surface area contributed by atoms with Crippen LogP contribution in [0.4, 0.5) is 11.4 Å². The van der Waals surface area contributed by atoms with Crippen LogP contribution in [0, 0.1) is 16.0 Å². The average Bonchev–Trinajstić information content (AvgIpc) is 2.45. The molecule has 3 N–H and O–H groups in total. The van der Waals surface area contributed by atoms with Gasteiger partial charge in [0.1, 0.15) is 5.69 Å². The number of nitro groups is 1. The molecule has 7 nitrogen and oxygen atoms in total. The van der Waals surface area contributed by atoms with Gasteiger partial charge in [0.2, 0.25) is 0 Å². The summed E-state index contributed by atoms with van der Waals surface area (Å²) in [6.07, 6.45) is 0.685. The number of nitrogens with zero attached hydrogens (tertiary/aromatic N) is 1. The predicted molar refractivity (Wildman–Crippen MR) is 80.4 cm³/mol. The van der Waals surface area contributed by atoms with Crippen molar-refractivity contribution in [3.63, 3.8) is 0 Å². The van der Waals surface area contributed by atoms with Crippen LogP contribution in [0.5, 0.6) is 0 Å². The highest BCUT2D eigenvalue weighted by molar-refractivity contribution is 5.95. The summed E-state index contributed by atoms with van der Waals surface area (Å²) in [5, 5.41) is 25.9. The molecule has 0 aromatic heterocycles. The van der Waals surface area contributed by atoms with Gasteiger partial charge in [-0.1, -0.05) is 13.8 Å². The van der Waals surface area contributed by atoms with Gasteiger partial charge in [-0.3, -0.25) is 14.9 Å². The molecule has 7 heteroatoms. The van der Waals surface area contributed by atoms with Crippen LogP contribution < -0.4 is 10.6 Å². The largest absolute Gasteiger partial charge is 0.394 e. The number of nitrogens with one attached hydrogen (secondary N) is 2. The van der Waals surface area contributed by atoms with E-state index in [0.717, 1.165) is 0 Å². The third-order valence-corrected chi connectivity index (χ3v) is 3.02. The lowest BCUT2D eigenvalue weighted by molar-refractivity contribution is -0.384. The number of aliphatic hydroxyl groups is 1. The number of nitro benzene ring substituents is 1. The smallest absolute Gasteiger partial charge is 0.293 e. The van der Waals surface area contributed by atoms with Crippen LogP contribution in [0.3, 0.4) is 0 Å². The molecule has 0 spiro atoms. The second-order valence-electron chi connectivity index (χ2n) is 5.22. The van der Waals surface area contributed by atoms with Gasteiger partial charge in [0.05, 0.1) is 11.5 Å². The van der Waals surface area contributed by atoms with Crippen molar-refractivity contribution < 1.29 is 14.8 Å². The second-order valence-corrected chi connectivity index (χ2v) is 5.22. The molecule has 116 valence electrons. The number of aliphatic hydroxyl groups excluding tert-OH is 1. The minimum atomic E-state index is -0.543. The summed E-state index contributed by atoms with van der Waals surface area (Å²) in [4.78, 5) is 22.1. The van der Waals surface area contributed by atoms with Gasteiger partial charge in [-0.05, 0) is 24.5 Å². The van der Waals surface area contributed by atoms with E-state index >= 15 is 0 Å². The summed E-state index contributed by atoms with van der Waals surface area (Å²) in [7, 11) is 1.46. The Morgan fingerprint density at radius 3 is 2.57 bits per heavy atom. The van der Waals surface area contributed by atoms with Gasteiger partial charge in [-0.2, -0.15) is 0 Å². The van der Waals surface area contributed by atoms with Crippen LogP contribution in [-0.2, 0) is 0 Å². The van der Waals surface area contributed by atoms with Crippen molar-refractivity contribution in [2.75, 3.05) is 19.0 Å². The van der Waals surface area contributed by atoms with E-state index in [1.807, 2.05) is 13.8 Å².